The maximum Gasteiger partial charge on any atom is 0.0924 e. The highest BCUT2D eigenvalue weighted by atomic mass is 35.5. The summed E-state index contributed by atoms with van der Waals surface area (Å²) in [5.41, 5.74) is 5.96. The van der Waals surface area contributed by atoms with E-state index in [0.29, 0.717) is 6.04 Å². The minimum atomic E-state index is 0.294. The van der Waals surface area contributed by atoms with Crippen molar-refractivity contribution in [1.82, 2.24) is 15.1 Å². The maximum absolute atomic E-state index is 6.07. The Morgan fingerprint density at radius 3 is 2.48 bits per heavy atom. The average molecular weight is 324 g/mol. The van der Waals surface area contributed by atoms with E-state index in [1.165, 1.54) is 11.1 Å². The molecule has 2 heterocycles. The van der Waals surface area contributed by atoms with E-state index in [1.54, 1.807) is 0 Å². The van der Waals surface area contributed by atoms with Crippen LogP contribution in [0.4, 0.5) is 0 Å². The highest BCUT2D eigenvalue weighted by molar-refractivity contribution is 6.30. The molecule has 4 heteroatoms. The predicted molar refractivity (Wildman–Crippen MR) is 93.1 cm³/mol. The number of fused-ring (bicyclic) bond motifs is 1. The van der Waals surface area contributed by atoms with E-state index < -0.39 is 0 Å². The number of aromatic amines is 1. The van der Waals surface area contributed by atoms with Crippen molar-refractivity contribution in [3.05, 3.63) is 76.4 Å². The molecule has 3 aromatic rings. The van der Waals surface area contributed by atoms with E-state index in [2.05, 4.69) is 52.4 Å². The minimum Gasteiger partial charge on any atom is -0.287 e. The van der Waals surface area contributed by atoms with Gasteiger partial charge in [0.05, 0.1) is 11.4 Å². The lowest BCUT2D eigenvalue weighted by Gasteiger charge is -2.22. The van der Waals surface area contributed by atoms with Crippen LogP contribution in [0.25, 0.3) is 11.3 Å². The topological polar surface area (TPSA) is 31.9 Å². The summed E-state index contributed by atoms with van der Waals surface area (Å²) in [5, 5.41) is 8.38. The molecule has 1 N–H and O–H groups in total. The fraction of sp³-hybridized carbons (Fsp3) is 0.211. The Morgan fingerprint density at radius 2 is 1.78 bits per heavy atom. The van der Waals surface area contributed by atoms with Gasteiger partial charge in [0.2, 0.25) is 0 Å². The first kappa shape index (κ1) is 14.5. The molecule has 0 spiro atoms. The second-order valence-electron chi connectivity index (χ2n) is 6.07. The molecule has 116 valence electrons. The number of halogens is 1. The molecular weight excluding hydrogens is 306 g/mol. The number of hydrogen-bond acceptors (Lipinski definition) is 2. The zero-order chi connectivity index (χ0) is 15.8. The molecule has 1 aliphatic heterocycles. The van der Waals surface area contributed by atoms with Crippen LogP contribution in [-0.2, 0) is 13.1 Å². The first-order valence-electron chi connectivity index (χ1n) is 7.83. The molecule has 2 aromatic carbocycles. The van der Waals surface area contributed by atoms with E-state index in [0.717, 1.165) is 35.1 Å². The Bertz CT molecular complexity index is 815. The highest BCUT2D eigenvalue weighted by Gasteiger charge is 2.25. The maximum atomic E-state index is 6.07. The number of nitrogens with zero attached hydrogens (tertiary/aromatic N) is 2. The molecule has 0 amide bonds. The molecule has 4 rings (SSSR count). The van der Waals surface area contributed by atoms with Gasteiger partial charge in [-0.2, -0.15) is 5.10 Å². The number of H-pyrrole nitrogens is 1. The van der Waals surface area contributed by atoms with Crippen molar-refractivity contribution in [2.24, 2.45) is 0 Å². The molecule has 23 heavy (non-hydrogen) atoms. The van der Waals surface area contributed by atoms with Crippen molar-refractivity contribution in [2.75, 3.05) is 0 Å². The first-order valence-corrected chi connectivity index (χ1v) is 8.20. The van der Waals surface area contributed by atoms with Crippen LogP contribution >= 0.6 is 11.6 Å². The van der Waals surface area contributed by atoms with Gasteiger partial charge in [-0.15, -0.1) is 0 Å². The van der Waals surface area contributed by atoms with Crippen molar-refractivity contribution in [1.29, 1.82) is 0 Å². The average Bonchev–Trinajstić information content (AvgIpc) is 3.21. The summed E-state index contributed by atoms with van der Waals surface area (Å²) in [6.07, 6.45) is 0. The minimum absolute atomic E-state index is 0.294. The fourth-order valence-corrected chi connectivity index (χ4v) is 3.37. The van der Waals surface area contributed by atoms with Gasteiger partial charge in [-0.05, 0) is 36.2 Å². The van der Waals surface area contributed by atoms with Gasteiger partial charge in [0.25, 0.3) is 0 Å². The first-order chi connectivity index (χ1) is 11.2. The predicted octanol–water partition coefficient (Wildman–Crippen LogP) is 4.81. The quantitative estimate of drug-likeness (QED) is 0.750. The third-order valence-corrected chi connectivity index (χ3v) is 4.82. The number of nitrogens with one attached hydrogen (secondary N) is 1. The van der Waals surface area contributed by atoms with Gasteiger partial charge in [0, 0.05) is 29.7 Å². The van der Waals surface area contributed by atoms with E-state index >= 15 is 0 Å². The van der Waals surface area contributed by atoms with Gasteiger partial charge in [-0.1, -0.05) is 48.0 Å². The van der Waals surface area contributed by atoms with Crippen molar-refractivity contribution < 1.29 is 0 Å². The van der Waals surface area contributed by atoms with Gasteiger partial charge in [-0.25, -0.2) is 0 Å². The van der Waals surface area contributed by atoms with Crippen molar-refractivity contribution in [3.63, 3.8) is 0 Å². The van der Waals surface area contributed by atoms with Crippen LogP contribution in [0.3, 0.4) is 0 Å². The van der Waals surface area contributed by atoms with E-state index in [1.807, 2.05) is 24.3 Å². The molecule has 0 aliphatic carbocycles. The summed E-state index contributed by atoms with van der Waals surface area (Å²) >= 11 is 6.07. The monoisotopic (exact) mass is 323 g/mol. The third-order valence-electron chi connectivity index (χ3n) is 4.58. The number of rotatable bonds is 3. The molecular formula is C19H18ClN3. The van der Waals surface area contributed by atoms with Crippen LogP contribution in [0.5, 0.6) is 0 Å². The van der Waals surface area contributed by atoms with Crippen molar-refractivity contribution >= 4 is 11.6 Å². The number of aromatic nitrogens is 2. The van der Waals surface area contributed by atoms with Gasteiger partial charge < -0.3 is 0 Å². The van der Waals surface area contributed by atoms with Gasteiger partial charge in [-0.3, -0.25) is 10.00 Å². The lowest BCUT2D eigenvalue weighted by Crippen LogP contribution is -2.21. The van der Waals surface area contributed by atoms with E-state index in [4.69, 9.17) is 11.6 Å². The zero-order valence-corrected chi connectivity index (χ0v) is 13.7. The molecule has 0 radical (unpaired) electrons. The molecule has 3 nitrogen and oxygen atoms in total. The second-order valence-corrected chi connectivity index (χ2v) is 6.50. The van der Waals surface area contributed by atoms with Crippen LogP contribution in [0, 0.1) is 0 Å². The van der Waals surface area contributed by atoms with Gasteiger partial charge in [0.15, 0.2) is 0 Å². The highest BCUT2D eigenvalue weighted by Crippen LogP contribution is 2.31. The standard InChI is InChI=1S/C19H18ClN3/c1-13(23-11-15-5-2-3-6-16(15)12-23)18-10-19(22-21-18)14-7-4-8-17(20)9-14/h2-10,13H,11-12H2,1H3,(H,21,22)/t13-/m0/s1. The van der Waals surface area contributed by atoms with Gasteiger partial charge >= 0.3 is 0 Å². The van der Waals surface area contributed by atoms with Crippen molar-refractivity contribution in [2.45, 2.75) is 26.1 Å². The Morgan fingerprint density at radius 1 is 1.04 bits per heavy atom. The zero-order valence-electron chi connectivity index (χ0n) is 13.0. The van der Waals surface area contributed by atoms with Crippen LogP contribution in [0.15, 0.2) is 54.6 Å². The van der Waals surface area contributed by atoms with Crippen LogP contribution < -0.4 is 0 Å². The van der Waals surface area contributed by atoms with E-state index in [-0.39, 0.29) is 0 Å². The molecule has 0 saturated heterocycles. The molecule has 1 atom stereocenters. The van der Waals surface area contributed by atoms with Gasteiger partial charge in [0.1, 0.15) is 0 Å². The lowest BCUT2D eigenvalue weighted by atomic mass is 10.1. The summed E-state index contributed by atoms with van der Waals surface area (Å²) in [4.78, 5) is 2.46. The van der Waals surface area contributed by atoms with Crippen LogP contribution in [0.1, 0.15) is 29.8 Å². The molecule has 0 unspecified atom stereocenters. The van der Waals surface area contributed by atoms with Crippen molar-refractivity contribution in [3.8, 4) is 11.3 Å². The lowest BCUT2D eigenvalue weighted by molar-refractivity contribution is 0.211. The molecule has 0 bridgehead atoms. The number of hydrogen-bond donors (Lipinski definition) is 1. The fourth-order valence-electron chi connectivity index (χ4n) is 3.18. The molecule has 1 aliphatic rings. The smallest absolute Gasteiger partial charge is 0.0924 e. The molecule has 0 saturated carbocycles. The molecule has 1 aromatic heterocycles. The molecule has 0 fully saturated rings. The normalized spacial score (nSPS) is 15.6. The van der Waals surface area contributed by atoms with Crippen LogP contribution in [-0.4, -0.2) is 15.1 Å². The summed E-state index contributed by atoms with van der Waals surface area (Å²) in [5.74, 6) is 0. The number of benzene rings is 2. The SMILES string of the molecule is C[C@@H](c1cc(-c2cccc(Cl)c2)n[nH]1)N1Cc2ccccc2C1. The van der Waals surface area contributed by atoms with E-state index in [9.17, 15) is 0 Å². The summed E-state index contributed by atoms with van der Waals surface area (Å²) in [6, 6.07) is 18.9. The summed E-state index contributed by atoms with van der Waals surface area (Å²) in [6.45, 7) is 4.20. The summed E-state index contributed by atoms with van der Waals surface area (Å²) in [7, 11) is 0. The Labute approximate surface area is 140 Å². The second kappa shape index (κ2) is 5.84. The Hall–Kier alpha value is -2.10. The Kier molecular flexibility index (Phi) is 3.68. The third kappa shape index (κ3) is 2.78. The Balaban J connectivity index is 1.56. The largest absolute Gasteiger partial charge is 0.287 e. The van der Waals surface area contributed by atoms with Crippen LogP contribution in [0.2, 0.25) is 5.02 Å². The summed E-state index contributed by atoms with van der Waals surface area (Å²) < 4.78 is 0.